The van der Waals surface area contributed by atoms with E-state index in [-0.39, 0.29) is 23.9 Å². The van der Waals surface area contributed by atoms with Gasteiger partial charge in [-0.05, 0) is 24.6 Å². The van der Waals surface area contributed by atoms with Gasteiger partial charge in [-0.25, -0.2) is 4.39 Å². The molecule has 4 nitrogen and oxygen atoms in total. The van der Waals surface area contributed by atoms with Crippen LogP contribution in [0.4, 0.5) is 4.39 Å². The molecule has 0 radical (unpaired) electrons. The number of hydrogen-bond donors (Lipinski definition) is 2. The zero-order valence-electron chi connectivity index (χ0n) is 10.7. The third-order valence-electron chi connectivity index (χ3n) is 2.50. The van der Waals surface area contributed by atoms with Crippen molar-refractivity contribution in [2.45, 2.75) is 19.4 Å². The lowest BCUT2D eigenvalue weighted by atomic mass is 10.1. The molecule has 0 aliphatic rings. The van der Waals surface area contributed by atoms with Crippen molar-refractivity contribution in [2.75, 3.05) is 19.8 Å². The molecule has 0 saturated heterocycles. The van der Waals surface area contributed by atoms with Crippen molar-refractivity contribution in [3.63, 3.8) is 0 Å². The Hall–Kier alpha value is -1.17. The normalized spacial score (nSPS) is 12.2. The first-order chi connectivity index (χ1) is 9.04. The third kappa shape index (κ3) is 5.55. The summed E-state index contributed by atoms with van der Waals surface area (Å²) in [7, 11) is 0. The van der Waals surface area contributed by atoms with Gasteiger partial charge in [0.1, 0.15) is 5.82 Å². The lowest BCUT2D eigenvalue weighted by molar-refractivity contribution is -0.122. The number of carbonyl (C=O) groups is 1. The number of carbonyl (C=O) groups excluding carboxylic acids is 1. The summed E-state index contributed by atoms with van der Waals surface area (Å²) in [5.41, 5.74) is 0.368. The second-order valence-electron chi connectivity index (χ2n) is 3.94. The van der Waals surface area contributed by atoms with Crippen molar-refractivity contribution in [3.05, 3.63) is 34.6 Å². The van der Waals surface area contributed by atoms with Crippen LogP contribution in [0.1, 0.15) is 25.0 Å². The van der Waals surface area contributed by atoms with Crippen LogP contribution in [0, 0.1) is 5.82 Å². The number of aliphatic hydroxyl groups excluding tert-OH is 1. The van der Waals surface area contributed by atoms with Gasteiger partial charge >= 0.3 is 0 Å². The predicted molar refractivity (Wildman–Crippen MR) is 70.5 cm³/mol. The average Bonchev–Trinajstić information content (AvgIpc) is 2.39. The second kappa shape index (κ2) is 8.09. The first-order valence-corrected chi connectivity index (χ1v) is 6.39. The highest BCUT2D eigenvalue weighted by atomic mass is 35.5. The fourth-order valence-corrected chi connectivity index (χ4v) is 1.56. The second-order valence-corrected chi connectivity index (χ2v) is 4.35. The molecule has 0 fully saturated rings. The Morgan fingerprint density at radius 1 is 1.58 bits per heavy atom. The van der Waals surface area contributed by atoms with Crippen molar-refractivity contribution < 1.29 is 19.0 Å². The van der Waals surface area contributed by atoms with Crippen LogP contribution in [-0.2, 0) is 9.53 Å². The van der Waals surface area contributed by atoms with E-state index in [4.69, 9.17) is 16.3 Å². The Labute approximate surface area is 116 Å². The van der Waals surface area contributed by atoms with Gasteiger partial charge in [-0.1, -0.05) is 17.7 Å². The number of hydrogen-bond acceptors (Lipinski definition) is 3. The van der Waals surface area contributed by atoms with Gasteiger partial charge in [-0.2, -0.15) is 0 Å². The Morgan fingerprint density at radius 3 is 2.95 bits per heavy atom. The van der Waals surface area contributed by atoms with Crippen LogP contribution in [0.5, 0.6) is 0 Å². The number of nitrogens with one attached hydrogen (secondary N) is 1. The molecule has 1 rings (SSSR count). The number of ether oxygens (including phenoxy) is 1. The highest BCUT2D eigenvalue weighted by Crippen LogP contribution is 2.19. The van der Waals surface area contributed by atoms with E-state index in [9.17, 15) is 14.3 Å². The van der Waals surface area contributed by atoms with Crippen LogP contribution in [0.25, 0.3) is 0 Å². The van der Waals surface area contributed by atoms with Crippen molar-refractivity contribution in [3.8, 4) is 0 Å². The monoisotopic (exact) mass is 289 g/mol. The van der Waals surface area contributed by atoms with Crippen molar-refractivity contribution >= 4 is 17.5 Å². The molecule has 0 saturated carbocycles. The molecule has 0 aliphatic heterocycles. The maximum absolute atomic E-state index is 13.2. The minimum absolute atomic E-state index is 0.00306. The van der Waals surface area contributed by atoms with Gasteiger partial charge in [0.2, 0.25) is 5.91 Å². The van der Waals surface area contributed by atoms with Gasteiger partial charge in [0.25, 0.3) is 0 Å². The third-order valence-corrected chi connectivity index (χ3v) is 2.81. The summed E-state index contributed by atoms with van der Waals surface area (Å²) in [5, 5.41) is 12.3. The molecular weight excluding hydrogens is 273 g/mol. The summed E-state index contributed by atoms with van der Waals surface area (Å²) in [6, 6.07) is 4.04. The van der Waals surface area contributed by atoms with E-state index in [0.717, 1.165) is 6.07 Å². The fraction of sp³-hybridized carbons (Fsp3) is 0.462. The van der Waals surface area contributed by atoms with Crippen molar-refractivity contribution in [2.24, 2.45) is 0 Å². The van der Waals surface area contributed by atoms with Gasteiger partial charge in [-0.3, -0.25) is 4.79 Å². The number of amides is 1. The molecule has 1 atom stereocenters. The molecule has 6 heteroatoms. The van der Waals surface area contributed by atoms with Gasteiger partial charge in [0.15, 0.2) is 0 Å². The summed E-state index contributed by atoms with van der Waals surface area (Å²) in [5.74, 6) is -0.817. The summed E-state index contributed by atoms with van der Waals surface area (Å²) in [6.45, 7) is 2.76. The summed E-state index contributed by atoms with van der Waals surface area (Å²) >= 11 is 5.54. The smallest absolute Gasteiger partial charge is 0.222 e. The van der Waals surface area contributed by atoms with E-state index in [1.807, 2.05) is 6.92 Å². The lowest BCUT2D eigenvalue weighted by Gasteiger charge is -2.12. The van der Waals surface area contributed by atoms with Crippen LogP contribution in [0.15, 0.2) is 18.2 Å². The van der Waals surface area contributed by atoms with E-state index in [0.29, 0.717) is 18.8 Å². The average molecular weight is 290 g/mol. The molecule has 1 aromatic carbocycles. The van der Waals surface area contributed by atoms with Gasteiger partial charge in [0.05, 0.1) is 17.7 Å². The Kier molecular flexibility index (Phi) is 6.77. The van der Waals surface area contributed by atoms with Crippen LogP contribution in [-0.4, -0.2) is 30.8 Å². The summed E-state index contributed by atoms with van der Waals surface area (Å²) < 4.78 is 18.2. The number of aliphatic hydroxyl groups is 1. The minimum atomic E-state index is -0.970. The summed E-state index contributed by atoms with van der Waals surface area (Å²) in [4.78, 5) is 11.4. The zero-order valence-corrected chi connectivity index (χ0v) is 11.4. The maximum atomic E-state index is 13.2. The molecule has 19 heavy (non-hydrogen) atoms. The molecule has 0 spiro atoms. The predicted octanol–water partition coefficient (Wildman–Crippen LogP) is 2.06. The molecular formula is C13H17ClFNO3. The number of rotatable bonds is 7. The SMILES string of the molecule is CCOCCC(=O)NCC(O)c1ccc(Cl)c(F)c1. The number of benzene rings is 1. The van der Waals surface area contributed by atoms with Crippen LogP contribution in [0.2, 0.25) is 5.02 Å². The molecule has 1 amide bonds. The van der Waals surface area contributed by atoms with Gasteiger partial charge < -0.3 is 15.2 Å². The number of halogens is 2. The quantitative estimate of drug-likeness (QED) is 0.756. The molecule has 2 N–H and O–H groups in total. The molecule has 1 aromatic rings. The van der Waals surface area contributed by atoms with Gasteiger partial charge in [0, 0.05) is 19.6 Å². The highest BCUT2D eigenvalue weighted by Gasteiger charge is 2.11. The molecule has 0 aromatic heterocycles. The molecule has 106 valence electrons. The van der Waals surface area contributed by atoms with Crippen LogP contribution in [0.3, 0.4) is 0 Å². The topological polar surface area (TPSA) is 58.6 Å². The van der Waals surface area contributed by atoms with E-state index in [2.05, 4.69) is 5.32 Å². The van der Waals surface area contributed by atoms with E-state index in [1.165, 1.54) is 12.1 Å². The molecule has 0 heterocycles. The van der Waals surface area contributed by atoms with Crippen LogP contribution < -0.4 is 5.32 Å². The maximum Gasteiger partial charge on any atom is 0.222 e. The van der Waals surface area contributed by atoms with E-state index < -0.39 is 11.9 Å². The first kappa shape index (κ1) is 15.9. The Morgan fingerprint density at radius 2 is 2.32 bits per heavy atom. The fourth-order valence-electron chi connectivity index (χ4n) is 1.45. The Bertz CT molecular complexity index is 428. The van der Waals surface area contributed by atoms with Crippen LogP contribution >= 0.6 is 11.6 Å². The molecule has 0 aliphatic carbocycles. The van der Waals surface area contributed by atoms with E-state index in [1.54, 1.807) is 0 Å². The highest BCUT2D eigenvalue weighted by molar-refractivity contribution is 6.30. The van der Waals surface area contributed by atoms with Crippen molar-refractivity contribution in [1.29, 1.82) is 0 Å². The standard InChI is InChI=1S/C13H17ClFNO3/c1-2-19-6-5-13(18)16-8-12(17)9-3-4-10(14)11(15)7-9/h3-4,7,12,17H,2,5-6,8H2,1H3,(H,16,18). The Balaban J connectivity index is 2.40. The lowest BCUT2D eigenvalue weighted by Crippen LogP contribution is -2.29. The largest absolute Gasteiger partial charge is 0.387 e. The van der Waals surface area contributed by atoms with E-state index >= 15 is 0 Å². The van der Waals surface area contributed by atoms with Crippen molar-refractivity contribution in [1.82, 2.24) is 5.32 Å². The summed E-state index contributed by atoms with van der Waals surface area (Å²) in [6.07, 6.45) is -0.738. The molecule has 0 bridgehead atoms. The molecule has 1 unspecified atom stereocenters. The minimum Gasteiger partial charge on any atom is -0.387 e. The first-order valence-electron chi connectivity index (χ1n) is 6.02. The van der Waals surface area contributed by atoms with Gasteiger partial charge in [-0.15, -0.1) is 0 Å². The zero-order chi connectivity index (χ0) is 14.3.